The highest BCUT2D eigenvalue weighted by molar-refractivity contribution is 5.74. The molecule has 1 rings (SSSR count). The highest BCUT2D eigenvalue weighted by Gasteiger charge is 2.50. The van der Waals surface area contributed by atoms with E-state index in [2.05, 4.69) is 106 Å². The van der Waals surface area contributed by atoms with Crippen LogP contribution in [0.4, 0.5) is 0 Å². The lowest BCUT2D eigenvalue weighted by Crippen LogP contribution is -2.61. The molecule has 6 atom stereocenters. The zero-order valence-electron chi connectivity index (χ0n) is 49.8. The van der Waals surface area contributed by atoms with Gasteiger partial charge < -0.3 is 39.0 Å². The Bertz CT molecular complexity index is 1700. The third-order valence-corrected chi connectivity index (χ3v) is 14.0. The fourth-order valence-corrected chi connectivity index (χ4v) is 9.13. The molecule has 0 saturated carbocycles. The molecule has 12 heteroatoms. The molecule has 0 spiro atoms. The Labute approximate surface area is 480 Å². The number of aliphatic carboxylic acids is 1. The summed E-state index contributed by atoms with van der Waals surface area (Å²) in [4.78, 5) is 51.2. The average Bonchev–Trinajstić information content (AvgIpc) is 3.48. The SMILES string of the molecule is CC/C=C\C/C=C\C/C=C\C/C=C\CCCCCCCCC(=O)OCC(COC1OC(C(=O)O)C(O)C(O)C1OC(=O)CCCCCCCC/C=C\C/C=C\C/C=C\CCCCC)OC(=O)CCCCCCCCCCCCC. The van der Waals surface area contributed by atoms with Gasteiger partial charge in [-0.15, -0.1) is 0 Å². The maximum absolute atomic E-state index is 13.1. The Morgan fingerprint density at radius 3 is 1.24 bits per heavy atom. The van der Waals surface area contributed by atoms with Crippen LogP contribution in [0, 0.1) is 0 Å². The van der Waals surface area contributed by atoms with E-state index in [0.29, 0.717) is 19.3 Å². The van der Waals surface area contributed by atoms with Crippen LogP contribution >= 0.6 is 0 Å². The molecule has 6 unspecified atom stereocenters. The van der Waals surface area contributed by atoms with E-state index in [-0.39, 0.29) is 25.9 Å². The Morgan fingerprint density at radius 1 is 0.430 bits per heavy atom. The lowest BCUT2D eigenvalue weighted by atomic mass is 9.98. The standard InChI is InChI=1S/C67H112O12/c1-4-7-10-13-16-19-22-24-26-28-30-32-34-36-39-41-44-47-50-53-59(68)75-56-58(77-60(69)54-51-48-45-42-38-21-18-15-12-9-6-3)57-76-67-65(63(72)62(71)64(79-67)66(73)74)78-61(70)55-52-49-46-43-40-37-35-33-31-29-27-25-23-20-17-14-11-8-5-2/h7,10,16-17,19-20,24-27,30-33,58,62-65,67,71-72H,4-6,8-9,11-15,18,21-23,28-29,34-57H2,1-3H3,(H,73,74)/b10-7-,19-16-,20-17-,26-24-,27-25-,32-30-,33-31-. The van der Waals surface area contributed by atoms with Crippen LogP contribution in [0.2, 0.25) is 0 Å². The Balaban J connectivity index is 2.65. The van der Waals surface area contributed by atoms with Crippen molar-refractivity contribution in [2.24, 2.45) is 0 Å². The summed E-state index contributed by atoms with van der Waals surface area (Å²) in [7, 11) is 0. The van der Waals surface area contributed by atoms with Gasteiger partial charge in [0.15, 0.2) is 24.6 Å². The minimum absolute atomic E-state index is 0.0429. The first-order valence-electron chi connectivity index (χ1n) is 31.6. The molecule has 1 saturated heterocycles. The minimum Gasteiger partial charge on any atom is -0.479 e. The molecule has 0 aromatic heterocycles. The van der Waals surface area contributed by atoms with Crippen molar-refractivity contribution in [2.45, 2.75) is 302 Å². The highest BCUT2D eigenvalue weighted by Crippen LogP contribution is 2.26. The monoisotopic (exact) mass is 1110 g/mol. The van der Waals surface area contributed by atoms with E-state index in [9.17, 15) is 34.5 Å². The number of allylic oxidation sites excluding steroid dienone is 14. The molecule has 1 heterocycles. The molecule has 0 radical (unpaired) electrons. The Morgan fingerprint density at radius 2 is 0.797 bits per heavy atom. The summed E-state index contributed by atoms with van der Waals surface area (Å²) in [5.74, 6) is -3.15. The van der Waals surface area contributed by atoms with Gasteiger partial charge in [-0.05, 0) is 96.3 Å². The summed E-state index contributed by atoms with van der Waals surface area (Å²) in [6.07, 6.45) is 58.3. The van der Waals surface area contributed by atoms with E-state index in [1.165, 1.54) is 70.6 Å². The van der Waals surface area contributed by atoms with Crippen molar-refractivity contribution >= 4 is 23.9 Å². The van der Waals surface area contributed by atoms with Crippen molar-refractivity contribution in [1.82, 2.24) is 0 Å². The molecule has 0 aromatic rings. The normalized spacial score (nSPS) is 18.4. The Hall–Kier alpha value is -4.10. The predicted molar refractivity (Wildman–Crippen MR) is 321 cm³/mol. The molecule has 452 valence electrons. The number of aliphatic hydroxyl groups excluding tert-OH is 2. The summed E-state index contributed by atoms with van der Waals surface area (Å²) in [6, 6.07) is 0. The summed E-state index contributed by atoms with van der Waals surface area (Å²) in [5.41, 5.74) is 0. The number of carboxylic acid groups (broad SMARTS) is 1. The van der Waals surface area contributed by atoms with Gasteiger partial charge >= 0.3 is 23.9 Å². The van der Waals surface area contributed by atoms with Crippen molar-refractivity contribution < 1.29 is 58.2 Å². The predicted octanol–water partition coefficient (Wildman–Crippen LogP) is 16.7. The number of hydrogen-bond donors (Lipinski definition) is 3. The number of ether oxygens (including phenoxy) is 5. The third kappa shape index (κ3) is 44.3. The van der Waals surface area contributed by atoms with Crippen molar-refractivity contribution in [3.8, 4) is 0 Å². The van der Waals surface area contributed by atoms with Gasteiger partial charge in [0.05, 0.1) is 6.61 Å². The van der Waals surface area contributed by atoms with Gasteiger partial charge in [0.25, 0.3) is 0 Å². The van der Waals surface area contributed by atoms with E-state index in [1.54, 1.807) is 0 Å². The van der Waals surface area contributed by atoms with Crippen molar-refractivity contribution in [3.05, 3.63) is 85.1 Å². The number of rotatable bonds is 53. The topological polar surface area (TPSA) is 175 Å². The smallest absolute Gasteiger partial charge is 0.335 e. The van der Waals surface area contributed by atoms with E-state index in [1.807, 2.05) is 0 Å². The number of carbonyl (C=O) groups is 4. The zero-order valence-corrected chi connectivity index (χ0v) is 49.8. The van der Waals surface area contributed by atoms with Gasteiger partial charge in [-0.3, -0.25) is 14.4 Å². The van der Waals surface area contributed by atoms with Crippen LogP contribution in [0.15, 0.2) is 85.1 Å². The molecule has 79 heavy (non-hydrogen) atoms. The number of hydrogen-bond acceptors (Lipinski definition) is 11. The molecular weight excluding hydrogens is 997 g/mol. The number of carbonyl (C=O) groups excluding carboxylic acids is 3. The van der Waals surface area contributed by atoms with Crippen molar-refractivity contribution in [2.75, 3.05) is 13.2 Å². The van der Waals surface area contributed by atoms with Crippen LogP contribution in [0.1, 0.15) is 265 Å². The molecule has 1 fully saturated rings. The fourth-order valence-electron chi connectivity index (χ4n) is 9.13. The maximum Gasteiger partial charge on any atom is 0.335 e. The van der Waals surface area contributed by atoms with Crippen LogP contribution in [0.3, 0.4) is 0 Å². The lowest BCUT2D eigenvalue weighted by Gasteiger charge is -2.40. The second kappa shape index (κ2) is 54.5. The fraction of sp³-hybridized carbons (Fsp3) is 0.731. The van der Waals surface area contributed by atoms with Crippen LogP contribution in [-0.4, -0.2) is 89.2 Å². The van der Waals surface area contributed by atoms with Gasteiger partial charge in [0.2, 0.25) is 0 Å². The van der Waals surface area contributed by atoms with Crippen LogP contribution < -0.4 is 0 Å². The maximum atomic E-state index is 13.1. The third-order valence-electron chi connectivity index (χ3n) is 14.0. The van der Waals surface area contributed by atoms with Gasteiger partial charge in [-0.1, -0.05) is 234 Å². The molecular formula is C67H112O12. The summed E-state index contributed by atoms with van der Waals surface area (Å²) >= 11 is 0. The van der Waals surface area contributed by atoms with Gasteiger partial charge in [0.1, 0.15) is 18.8 Å². The quantitative estimate of drug-likeness (QED) is 0.0228. The summed E-state index contributed by atoms with van der Waals surface area (Å²) in [6.45, 7) is 5.84. The number of esters is 3. The number of unbranched alkanes of at least 4 members (excludes halogenated alkanes) is 25. The second-order valence-electron chi connectivity index (χ2n) is 21.3. The van der Waals surface area contributed by atoms with Gasteiger partial charge in [-0.2, -0.15) is 0 Å². The Kier molecular flexibility index (Phi) is 50.3. The molecule has 1 aliphatic heterocycles. The van der Waals surface area contributed by atoms with Gasteiger partial charge in [0, 0.05) is 19.3 Å². The molecule has 12 nitrogen and oxygen atoms in total. The van der Waals surface area contributed by atoms with Crippen LogP contribution in [-0.2, 0) is 42.9 Å². The minimum atomic E-state index is -1.91. The molecule has 0 bridgehead atoms. The average molecular weight is 1110 g/mol. The lowest BCUT2D eigenvalue weighted by molar-refractivity contribution is -0.301. The van der Waals surface area contributed by atoms with Gasteiger partial charge in [-0.25, -0.2) is 4.79 Å². The molecule has 0 aliphatic carbocycles. The zero-order chi connectivity index (χ0) is 57.5. The number of carboxylic acids is 1. The molecule has 0 aromatic carbocycles. The van der Waals surface area contributed by atoms with Crippen molar-refractivity contribution in [1.29, 1.82) is 0 Å². The van der Waals surface area contributed by atoms with E-state index >= 15 is 0 Å². The first-order valence-corrected chi connectivity index (χ1v) is 31.6. The summed E-state index contributed by atoms with van der Waals surface area (Å²) < 4.78 is 28.5. The molecule has 0 amide bonds. The number of aliphatic hydroxyl groups is 2. The summed E-state index contributed by atoms with van der Waals surface area (Å²) in [5, 5.41) is 31.5. The second-order valence-corrected chi connectivity index (χ2v) is 21.3. The first kappa shape index (κ1) is 72.9. The van der Waals surface area contributed by atoms with Crippen molar-refractivity contribution in [3.63, 3.8) is 0 Å². The van der Waals surface area contributed by atoms with E-state index in [0.717, 1.165) is 135 Å². The molecule has 1 aliphatic rings. The largest absolute Gasteiger partial charge is 0.479 e. The van der Waals surface area contributed by atoms with Crippen LogP contribution in [0.25, 0.3) is 0 Å². The van der Waals surface area contributed by atoms with E-state index < -0.39 is 67.3 Å². The van der Waals surface area contributed by atoms with E-state index in [4.69, 9.17) is 23.7 Å². The highest BCUT2D eigenvalue weighted by atomic mass is 16.7. The molecule has 3 N–H and O–H groups in total. The first-order chi connectivity index (χ1) is 38.6. The van der Waals surface area contributed by atoms with Crippen LogP contribution in [0.5, 0.6) is 0 Å².